The average Bonchev–Trinajstić information content (AvgIpc) is 4.07. The van der Waals surface area contributed by atoms with E-state index in [1.807, 2.05) is 18.2 Å². The fourth-order valence-corrected chi connectivity index (χ4v) is 9.90. The van der Waals surface area contributed by atoms with Crippen molar-refractivity contribution < 1.29 is 40.6 Å². The van der Waals surface area contributed by atoms with Gasteiger partial charge in [0.25, 0.3) is 0 Å². The van der Waals surface area contributed by atoms with Gasteiger partial charge >= 0.3 is 31.1 Å². The molecule has 2 heterocycles. The van der Waals surface area contributed by atoms with Crippen LogP contribution in [0.25, 0.3) is 14.9 Å². The Bertz CT molecular complexity index is 1640. The summed E-state index contributed by atoms with van der Waals surface area (Å²) in [4.78, 5) is 17.1. The molecule has 0 aliphatic carbocycles. The van der Waals surface area contributed by atoms with Gasteiger partial charge in [0, 0.05) is 26.4 Å². The minimum absolute atomic E-state index is 0. The van der Waals surface area contributed by atoms with E-state index in [1.54, 1.807) is 0 Å². The number of rotatable bonds is 16. The molecule has 0 unspecified atom stereocenters. The summed E-state index contributed by atoms with van der Waals surface area (Å²) < 4.78 is 9.89. The van der Waals surface area contributed by atoms with Gasteiger partial charge in [-0.1, -0.05) is 241 Å². The molecule has 0 atom stereocenters. The summed E-state index contributed by atoms with van der Waals surface area (Å²) in [5.41, 5.74) is 6.68. The first-order valence-corrected chi connectivity index (χ1v) is 34.3. The number of nitrogens with zero attached hydrogens (tertiary/aromatic N) is 4. The Hall–Kier alpha value is -2.37. The summed E-state index contributed by atoms with van der Waals surface area (Å²) in [5.74, 6) is 0. The van der Waals surface area contributed by atoms with Crippen LogP contribution in [0.2, 0.25) is 58.9 Å². The Balaban J connectivity index is 0.000000325. The van der Waals surface area contributed by atoms with Crippen molar-refractivity contribution in [2.75, 3.05) is 65.7 Å². The first-order valence-electron chi connectivity index (χ1n) is 23.9. The number of benzene rings is 5. The number of hydrogen-bond acceptors (Lipinski definition) is 3. The van der Waals surface area contributed by atoms with Gasteiger partial charge in [0.15, 0.2) is 0 Å². The first-order chi connectivity index (χ1) is 30.6. The van der Waals surface area contributed by atoms with Gasteiger partial charge in [0.05, 0.1) is 0 Å². The molecule has 5 aromatic carbocycles. The van der Waals surface area contributed by atoms with Gasteiger partial charge in [-0.3, -0.25) is 0 Å². The molecule has 0 saturated carbocycles. The fraction of sp³-hybridized carbons (Fsp3) is 0.444. The van der Waals surface area contributed by atoms with Gasteiger partial charge in [-0.2, -0.15) is 21.9 Å². The average molecular weight is 1150 g/mol. The number of ether oxygens (including phenoxy) is 2. The van der Waals surface area contributed by atoms with E-state index >= 15 is 0 Å². The maximum Gasteiger partial charge on any atom is 4.00 e. The van der Waals surface area contributed by atoms with E-state index in [-0.39, 0.29) is 31.1 Å². The number of aryl methyl sites for hydroxylation is 1. The molecule has 11 heteroatoms. The summed E-state index contributed by atoms with van der Waals surface area (Å²) in [5, 5.41) is 0. The van der Waals surface area contributed by atoms with Gasteiger partial charge in [-0.25, -0.2) is 0 Å². The third-order valence-corrected chi connectivity index (χ3v) is 14.3. The van der Waals surface area contributed by atoms with E-state index < -0.39 is 30.9 Å². The molecule has 2 aliphatic heterocycles. The maximum atomic E-state index is 4.94. The predicted octanol–water partition coefficient (Wildman–Crippen LogP) is 11.6. The van der Waals surface area contributed by atoms with Gasteiger partial charge in [0.1, 0.15) is 6.15 Å². The van der Waals surface area contributed by atoms with Crippen molar-refractivity contribution in [3.05, 3.63) is 172 Å². The number of hydrogen-bond donors (Lipinski definition) is 0. The van der Waals surface area contributed by atoms with Crippen LogP contribution < -0.4 is 21.9 Å². The summed E-state index contributed by atoms with van der Waals surface area (Å²) >= 11 is 0. The Kier molecular flexibility index (Phi) is 29.3. The van der Waals surface area contributed by atoms with Crippen LogP contribution in [0, 0.1) is 38.0 Å². The topological polar surface area (TPSA) is 64.0 Å². The first kappa shape index (κ1) is 58.8. The van der Waals surface area contributed by atoms with Crippen LogP contribution in [0.4, 0.5) is 0 Å². The van der Waals surface area contributed by atoms with Crippen molar-refractivity contribution in [2.45, 2.75) is 91.5 Å². The second-order valence-electron chi connectivity index (χ2n) is 19.8. The minimum Gasteiger partial charge on any atom is -0.664 e. The van der Waals surface area contributed by atoms with Gasteiger partial charge in [-0.05, 0) is 52.2 Å². The summed E-state index contributed by atoms with van der Waals surface area (Å²) in [7, 11) is -3.84. The molecular weight excluding hydrogens is 1070 g/mol. The summed E-state index contributed by atoms with van der Waals surface area (Å²) in [6, 6.07) is 53.8. The second-order valence-corrected chi connectivity index (χ2v) is 33.8. The van der Waals surface area contributed by atoms with E-state index in [0.717, 1.165) is 65.7 Å². The van der Waals surface area contributed by atoms with Crippen molar-refractivity contribution >= 4 is 52.7 Å². The quantitative estimate of drug-likeness (QED) is 0.0925. The largest absolute Gasteiger partial charge is 4.00 e. The van der Waals surface area contributed by atoms with Crippen LogP contribution in [-0.4, -0.2) is 101 Å². The van der Waals surface area contributed by atoms with E-state index in [1.165, 1.54) is 53.1 Å². The van der Waals surface area contributed by atoms with Gasteiger partial charge < -0.3 is 29.3 Å². The predicted molar refractivity (Wildman–Crippen MR) is 292 cm³/mol. The van der Waals surface area contributed by atoms with Crippen molar-refractivity contribution in [2.24, 2.45) is 0 Å². The van der Waals surface area contributed by atoms with Crippen LogP contribution in [0.3, 0.4) is 0 Å². The van der Waals surface area contributed by atoms with E-state index in [0.29, 0.717) is 0 Å². The molecule has 2 saturated heterocycles. The molecule has 0 spiro atoms. The molecule has 7 rings (SSSR count). The van der Waals surface area contributed by atoms with Crippen LogP contribution in [0.5, 0.6) is 0 Å². The third-order valence-electron chi connectivity index (χ3n) is 10.8. The Morgan fingerprint density at radius 2 is 0.631 bits per heavy atom. The van der Waals surface area contributed by atoms with Gasteiger partial charge in [-0.15, -0.1) is 19.6 Å². The Labute approximate surface area is 424 Å². The molecule has 0 radical (unpaired) electrons. The maximum absolute atomic E-state index is 4.94. The van der Waals surface area contributed by atoms with Crippen LogP contribution in [-0.2, 0) is 9.47 Å². The van der Waals surface area contributed by atoms with Crippen molar-refractivity contribution in [1.29, 1.82) is 0 Å². The zero-order valence-electron chi connectivity index (χ0n) is 42.0. The Morgan fingerprint density at radius 3 is 0.800 bits per heavy atom. The SMILES string of the molecule is C1CCOC1.C1CCOC1.C[Si](C)(C)[N-]CCN(CC[N-][Si](C)(C)C)CC[N-][Si](C)(C)C.Cc1ccccc1.[U+4].c1ccc([B-](c2ccccc2)(c2ccccc2)c2ccccc2)cc1. The fourth-order valence-electron chi connectivity index (χ4n) is 7.59. The molecule has 2 fully saturated rings. The molecule has 0 N–H and O–H groups in total. The zero-order valence-corrected chi connectivity index (χ0v) is 49.2. The summed E-state index contributed by atoms with van der Waals surface area (Å²) in [6.07, 6.45) is 3.90. The van der Waals surface area contributed by atoms with Crippen molar-refractivity contribution in [3.8, 4) is 0 Å². The summed E-state index contributed by atoms with van der Waals surface area (Å²) in [6.45, 7) is 32.9. The molecule has 6 nitrogen and oxygen atoms in total. The molecular formula is C54H83BN4O2Si3U. The second kappa shape index (κ2) is 32.4. The van der Waals surface area contributed by atoms with Crippen LogP contribution >= 0.6 is 0 Å². The van der Waals surface area contributed by atoms with Gasteiger partial charge in [0.2, 0.25) is 0 Å². The molecule has 2 aliphatic rings. The molecule has 0 amide bonds. The third kappa shape index (κ3) is 25.5. The van der Waals surface area contributed by atoms with E-state index in [4.69, 9.17) is 24.4 Å². The minimum atomic E-state index is -1.28. The standard InChI is InChI=1S/C24H20B.C15H39N4Si3.C7H8.2C4H8O.U/c1-5-13-21(14-6-1)25(22-15-7-2-8-16-22,23-17-9-3-10-18-23)24-19-11-4-12-20-24;1-20(2,3)16-10-13-19(14-11-17-21(4,5)6)15-12-18-22(7,8)9;1-7-5-3-2-4-6-7;2*1-2-4-5-3-1;/h1-20H;10-15H2,1-9H3;2-6H,1H3;2*1-4H2;/q-1;-3;;;;+4. The van der Waals surface area contributed by atoms with E-state index in [9.17, 15) is 0 Å². The Morgan fingerprint density at radius 1 is 0.400 bits per heavy atom. The van der Waals surface area contributed by atoms with E-state index in [2.05, 4.69) is 204 Å². The molecule has 0 aromatic heterocycles. The van der Waals surface area contributed by atoms with Crippen molar-refractivity contribution in [1.82, 2.24) is 4.90 Å². The molecule has 350 valence electrons. The molecule has 5 aromatic rings. The van der Waals surface area contributed by atoms with Crippen LogP contribution in [0.1, 0.15) is 31.2 Å². The van der Waals surface area contributed by atoms with Crippen molar-refractivity contribution in [3.63, 3.8) is 0 Å². The smallest absolute Gasteiger partial charge is 0.664 e. The van der Waals surface area contributed by atoms with Crippen LogP contribution in [0.15, 0.2) is 152 Å². The zero-order chi connectivity index (χ0) is 46.6. The molecule has 65 heavy (non-hydrogen) atoms. The molecule has 0 bridgehead atoms. The normalized spacial score (nSPS) is 13.6. The monoisotopic (exact) mass is 1150 g/mol.